The van der Waals surface area contributed by atoms with E-state index in [4.69, 9.17) is 16.3 Å². The maximum atomic E-state index is 11.4. The summed E-state index contributed by atoms with van der Waals surface area (Å²) in [6.45, 7) is 0.700. The minimum atomic E-state index is 0.115. The molecule has 21 heavy (non-hydrogen) atoms. The number of hydrogen-bond acceptors (Lipinski definition) is 2. The molecule has 1 N–H and O–H groups in total. The zero-order valence-electron chi connectivity index (χ0n) is 11.7. The lowest BCUT2D eigenvalue weighted by Crippen LogP contribution is -2.13. The Balaban J connectivity index is 2.01. The van der Waals surface area contributed by atoms with E-state index in [1.165, 1.54) is 0 Å². The van der Waals surface area contributed by atoms with Crippen LogP contribution in [-0.4, -0.2) is 19.6 Å². The lowest BCUT2D eigenvalue weighted by molar-refractivity contribution is -0.119. The van der Waals surface area contributed by atoms with Crippen molar-refractivity contribution in [1.82, 2.24) is 5.32 Å². The summed E-state index contributed by atoms with van der Waals surface area (Å²) in [6, 6.07) is 13.8. The van der Waals surface area contributed by atoms with Crippen LogP contribution in [0.1, 0.15) is 17.9 Å². The lowest BCUT2D eigenvalue weighted by Gasteiger charge is -2.14. The number of nitrogens with one attached hydrogen (secondary N) is 1. The summed E-state index contributed by atoms with van der Waals surface area (Å²) in [7, 11) is 1.66. The largest absolute Gasteiger partial charge is 0.496 e. The molecule has 1 heterocycles. The number of methoxy groups -OCH3 is 1. The highest BCUT2D eigenvalue weighted by molar-refractivity contribution is 6.30. The van der Waals surface area contributed by atoms with E-state index in [1.807, 2.05) is 36.4 Å². The Morgan fingerprint density at radius 3 is 2.57 bits per heavy atom. The van der Waals surface area contributed by atoms with Crippen molar-refractivity contribution >= 4 is 17.5 Å². The number of amides is 1. The molecule has 0 spiro atoms. The molecule has 1 aliphatic heterocycles. The second kappa shape index (κ2) is 5.78. The van der Waals surface area contributed by atoms with Gasteiger partial charge in [0, 0.05) is 29.5 Å². The number of ether oxygens (including phenoxy) is 1. The van der Waals surface area contributed by atoms with E-state index in [1.54, 1.807) is 7.11 Å². The van der Waals surface area contributed by atoms with Crippen molar-refractivity contribution in [3.63, 3.8) is 0 Å². The van der Waals surface area contributed by atoms with Gasteiger partial charge in [-0.05, 0) is 35.4 Å². The minimum Gasteiger partial charge on any atom is -0.496 e. The second-order valence-corrected chi connectivity index (χ2v) is 5.61. The summed E-state index contributed by atoms with van der Waals surface area (Å²) >= 11 is 5.95. The highest BCUT2D eigenvalue weighted by Gasteiger charge is 2.23. The van der Waals surface area contributed by atoms with E-state index in [9.17, 15) is 4.79 Å². The van der Waals surface area contributed by atoms with Gasteiger partial charge in [0.2, 0.25) is 5.91 Å². The van der Waals surface area contributed by atoms with Gasteiger partial charge in [0.1, 0.15) is 5.75 Å². The second-order valence-electron chi connectivity index (χ2n) is 5.17. The average molecular weight is 302 g/mol. The van der Waals surface area contributed by atoms with Crippen LogP contribution in [0.15, 0.2) is 42.5 Å². The first-order chi connectivity index (χ1) is 10.2. The Morgan fingerprint density at radius 2 is 1.95 bits per heavy atom. The van der Waals surface area contributed by atoms with Crippen molar-refractivity contribution in [3.05, 3.63) is 53.1 Å². The van der Waals surface area contributed by atoms with Crippen LogP contribution in [0.4, 0.5) is 0 Å². The minimum absolute atomic E-state index is 0.115. The van der Waals surface area contributed by atoms with Gasteiger partial charge in [-0.15, -0.1) is 0 Å². The van der Waals surface area contributed by atoms with Crippen LogP contribution in [0.2, 0.25) is 5.02 Å². The third-order valence-corrected chi connectivity index (χ3v) is 4.08. The molecule has 1 fully saturated rings. The Kier molecular flexibility index (Phi) is 3.84. The molecule has 108 valence electrons. The van der Waals surface area contributed by atoms with Gasteiger partial charge in [0.05, 0.1) is 7.11 Å². The Hall–Kier alpha value is -2.00. The van der Waals surface area contributed by atoms with Crippen molar-refractivity contribution < 1.29 is 9.53 Å². The molecule has 3 nitrogen and oxygen atoms in total. The molecule has 0 saturated carbocycles. The van der Waals surface area contributed by atoms with Crippen LogP contribution in [0.25, 0.3) is 11.1 Å². The van der Waals surface area contributed by atoms with Crippen LogP contribution in [0.5, 0.6) is 5.75 Å². The van der Waals surface area contributed by atoms with Gasteiger partial charge >= 0.3 is 0 Å². The van der Waals surface area contributed by atoms with Crippen LogP contribution >= 0.6 is 11.6 Å². The molecular weight excluding hydrogens is 286 g/mol. The van der Waals surface area contributed by atoms with E-state index >= 15 is 0 Å². The number of rotatable bonds is 3. The molecule has 1 unspecified atom stereocenters. The van der Waals surface area contributed by atoms with Gasteiger partial charge in [0.15, 0.2) is 0 Å². The Morgan fingerprint density at radius 1 is 1.19 bits per heavy atom. The molecule has 1 atom stereocenters. The molecule has 1 amide bonds. The highest BCUT2D eigenvalue weighted by atomic mass is 35.5. The summed E-state index contributed by atoms with van der Waals surface area (Å²) in [5.74, 6) is 1.16. The summed E-state index contributed by atoms with van der Waals surface area (Å²) in [6.07, 6.45) is 0.548. The maximum Gasteiger partial charge on any atom is 0.220 e. The molecule has 2 aromatic carbocycles. The SMILES string of the molecule is COc1ccc(C2CNC(=O)C2)cc1-c1ccc(Cl)cc1. The van der Waals surface area contributed by atoms with Crippen LogP contribution in [0.3, 0.4) is 0 Å². The Bertz CT molecular complexity index is 667. The molecule has 0 aromatic heterocycles. The zero-order valence-corrected chi connectivity index (χ0v) is 12.5. The van der Waals surface area contributed by atoms with Gasteiger partial charge in [-0.3, -0.25) is 4.79 Å². The third kappa shape index (κ3) is 2.88. The molecule has 1 saturated heterocycles. The normalized spacial score (nSPS) is 17.6. The van der Waals surface area contributed by atoms with E-state index in [-0.39, 0.29) is 11.8 Å². The van der Waals surface area contributed by atoms with Crippen molar-refractivity contribution in [1.29, 1.82) is 0 Å². The smallest absolute Gasteiger partial charge is 0.220 e. The number of hydrogen-bond donors (Lipinski definition) is 1. The Labute approximate surface area is 128 Å². The van der Waals surface area contributed by atoms with Gasteiger partial charge in [0.25, 0.3) is 0 Å². The van der Waals surface area contributed by atoms with Crippen LogP contribution in [0, 0.1) is 0 Å². The van der Waals surface area contributed by atoms with Crippen LogP contribution < -0.4 is 10.1 Å². The first-order valence-corrected chi connectivity index (χ1v) is 7.26. The summed E-state index contributed by atoms with van der Waals surface area (Å²) < 4.78 is 5.45. The van der Waals surface area contributed by atoms with E-state index in [2.05, 4.69) is 11.4 Å². The maximum absolute atomic E-state index is 11.4. The fourth-order valence-electron chi connectivity index (χ4n) is 2.68. The van der Waals surface area contributed by atoms with Gasteiger partial charge in [-0.1, -0.05) is 29.8 Å². The first kappa shape index (κ1) is 14.0. The quantitative estimate of drug-likeness (QED) is 0.940. The summed E-state index contributed by atoms with van der Waals surface area (Å²) in [5.41, 5.74) is 3.22. The molecule has 0 aliphatic carbocycles. The van der Waals surface area contributed by atoms with Crippen molar-refractivity contribution in [2.45, 2.75) is 12.3 Å². The average Bonchev–Trinajstić information content (AvgIpc) is 2.94. The van der Waals surface area contributed by atoms with E-state index < -0.39 is 0 Å². The molecule has 2 aromatic rings. The molecular formula is C17H16ClNO2. The molecule has 1 aliphatic rings. The molecule has 0 radical (unpaired) electrons. The van der Waals surface area contributed by atoms with E-state index in [0.29, 0.717) is 18.0 Å². The zero-order chi connectivity index (χ0) is 14.8. The van der Waals surface area contributed by atoms with Gasteiger partial charge in [-0.2, -0.15) is 0 Å². The first-order valence-electron chi connectivity index (χ1n) is 6.88. The molecule has 4 heteroatoms. The van der Waals surface area contributed by atoms with Crippen molar-refractivity contribution in [2.75, 3.05) is 13.7 Å². The van der Waals surface area contributed by atoms with Gasteiger partial charge in [-0.25, -0.2) is 0 Å². The number of benzene rings is 2. The molecule has 0 bridgehead atoms. The van der Waals surface area contributed by atoms with Crippen LogP contribution in [-0.2, 0) is 4.79 Å². The standard InChI is InChI=1S/C17H16ClNO2/c1-21-16-7-4-12(13-9-17(20)19-10-13)8-15(16)11-2-5-14(18)6-3-11/h2-8,13H,9-10H2,1H3,(H,19,20). The highest BCUT2D eigenvalue weighted by Crippen LogP contribution is 2.35. The number of carbonyl (C=O) groups excluding carboxylic acids is 1. The van der Waals surface area contributed by atoms with Gasteiger partial charge < -0.3 is 10.1 Å². The van der Waals surface area contributed by atoms with Crippen molar-refractivity contribution in [3.8, 4) is 16.9 Å². The topological polar surface area (TPSA) is 38.3 Å². The number of carbonyl (C=O) groups is 1. The summed E-state index contributed by atoms with van der Waals surface area (Å²) in [4.78, 5) is 11.4. The fourth-order valence-corrected chi connectivity index (χ4v) is 2.80. The van der Waals surface area contributed by atoms with Crippen molar-refractivity contribution in [2.24, 2.45) is 0 Å². The molecule has 3 rings (SSSR count). The predicted molar refractivity (Wildman–Crippen MR) is 83.8 cm³/mol. The number of halogens is 1. The lowest BCUT2D eigenvalue weighted by atomic mass is 9.94. The monoisotopic (exact) mass is 301 g/mol. The fraction of sp³-hybridized carbons (Fsp3) is 0.235. The van der Waals surface area contributed by atoms with E-state index in [0.717, 1.165) is 22.4 Å². The predicted octanol–water partition coefficient (Wildman–Crippen LogP) is 3.62. The third-order valence-electron chi connectivity index (χ3n) is 3.83. The summed E-state index contributed by atoms with van der Waals surface area (Å²) in [5, 5.41) is 3.58.